The van der Waals surface area contributed by atoms with Crippen LogP contribution in [0.1, 0.15) is 13.3 Å². The molecule has 0 aromatic heterocycles. The van der Waals surface area contributed by atoms with E-state index in [9.17, 15) is 9.59 Å². The van der Waals surface area contributed by atoms with Crippen LogP contribution in [-0.4, -0.2) is 31.5 Å². The summed E-state index contributed by atoms with van der Waals surface area (Å²) in [7, 11) is 0. The van der Waals surface area contributed by atoms with Crippen LogP contribution in [0.2, 0.25) is 0 Å². The molecule has 0 aliphatic rings. The molecule has 19 heavy (non-hydrogen) atoms. The number of hydrogen-bond donors (Lipinski definition) is 2. The van der Waals surface area contributed by atoms with Gasteiger partial charge in [-0.3, -0.25) is 9.59 Å². The van der Waals surface area contributed by atoms with E-state index in [1.807, 2.05) is 25.1 Å². The molecule has 2 N–H and O–H groups in total. The van der Waals surface area contributed by atoms with E-state index >= 15 is 0 Å². The van der Waals surface area contributed by atoms with Crippen molar-refractivity contribution in [1.82, 2.24) is 10.6 Å². The molecule has 0 unspecified atom stereocenters. The van der Waals surface area contributed by atoms with Gasteiger partial charge in [0, 0.05) is 6.54 Å². The Morgan fingerprint density at radius 3 is 2.63 bits per heavy atom. The third kappa shape index (κ3) is 6.24. The van der Waals surface area contributed by atoms with E-state index in [4.69, 9.17) is 4.74 Å². The summed E-state index contributed by atoms with van der Waals surface area (Å²) in [4.78, 5) is 22.7. The molecule has 0 spiro atoms. The smallest absolute Gasteiger partial charge is 0.258 e. The van der Waals surface area contributed by atoms with E-state index in [1.54, 1.807) is 6.07 Å². The Morgan fingerprint density at radius 2 is 1.95 bits per heavy atom. The lowest BCUT2D eigenvalue weighted by atomic mass is 10.3. The second-order valence-corrected chi connectivity index (χ2v) is 4.70. The predicted molar refractivity (Wildman–Crippen MR) is 75.9 cm³/mol. The molecule has 0 aliphatic heterocycles. The van der Waals surface area contributed by atoms with Crippen molar-refractivity contribution in [3.8, 4) is 5.75 Å². The van der Waals surface area contributed by atoms with Crippen LogP contribution in [-0.2, 0) is 9.59 Å². The zero-order chi connectivity index (χ0) is 14.1. The van der Waals surface area contributed by atoms with Crippen LogP contribution in [0.3, 0.4) is 0 Å². The molecule has 104 valence electrons. The van der Waals surface area contributed by atoms with Gasteiger partial charge in [-0.1, -0.05) is 19.1 Å². The Bertz CT molecular complexity index is 438. The fraction of sp³-hybridized carbons (Fsp3) is 0.385. The van der Waals surface area contributed by atoms with Crippen LogP contribution in [0, 0.1) is 0 Å². The van der Waals surface area contributed by atoms with Gasteiger partial charge in [0.1, 0.15) is 5.75 Å². The SMILES string of the molecule is CCCNC(=O)CNC(=O)COc1ccccc1Br. The molecule has 1 aromatic carbocycles. The van der Waals surface area contributed by atoms with Crippen molar-refractivity contribution in [1.29, 1.82) is 0 Å². The van der Waals surface area contributed by atoms with Gasteiger partial charge in [0.25, 0.3) is 5.91 Å². The van der Waals surface area contributed by atoms with Crippen LogP contribution in [0.5, 0.6) is 5.75 Å². The highest BCUT2D eigenvalue weighted by Crippen LogP contribution is 2.23. The molecule has 0 heterocycles. The summed E-state index contributed by atoms with van der Waals surface area (Å²) in [5, 5.41) is 5.16. The van der Waals surface area contributed by atoms with Crippen molar-refractivity contribution in [3.63, 3.8) is 0 Å². The van der Waals surface area contributed by atoms with Crippen LogP contribution in [0.15, 0.2) is 28.7 Å². The average molecular weight is 329 g/mol. The number of carbonyl (C=O) groups is 2. The second kappa shape index (κ2) is 8.53. The average Bonchev–Trinajstić information content (AvgIpc) is 2.42. The third-order valence-electron chi connectivity index (χ3n) is 2.21. The highest BCUT2D eigenvalue weighted by atomic mass is 79.9. The number of amides is 2. The number of ether oxygens (including phenoxy) is 1. The molecule has 0 radical (unpaired) electrons. The largest absolute Gasteiger partial charge is 0.483 e. The van der Waals surface area contributed by atoms with Gasteiger partial charge >= 0.3 is 0 Å². The fourth-order valence-electron chi connectivity index (χ4n) is 1.26. The Kier molecular flexibility index (Phi) is 6.95. The molecule has 1 aromatic rings. The molecule has 2 amide bonds. The minimum Gasteiger partial charge on any atom is -0.483 e. The predicted octanol–water partition coefficient (Wildman–Crippen LogP) is 1.47. The summed E-state index contributed by atoms with van der Waals surface area (Å²) in [5.74, 6) is 0.0616. The third-order valence-corrected chi connectivity index (χ3v) is 2.87. The van der Waals surface area contributed by atoms with E-state index in [0.717, 1.165) is 10.9 Å². The first-order valence-electron chi connectivity index (χ1n) is 6.04. The summed E-state index contributed by atoms with van der Waals surface area (Å²) < 4.78 is 6.10. The summed E-state index contributed by atoms with van der Waals surface area (Å²) in [6, 6.07) is 7.25. The number of carbonyl (C=O) groups excluding carboxylic acids is 2. The van der Waals surface area contributed by atoms with Gasteiger partial charge in [-0.15, -0.1) is 0 Å². The topological polar surface area (TPSA) is 67.4 Å². The van der Waals surface area contributed by atoms with E-state index in [0.29, 0.717) is 12.3 Å². The summed E-state index contributed by atoms with van der Waals surface area (Å²) in [6.07, 6.45) is 0.866. The van der Waals surface area contributed by atoms with E-state index < -0.39 is 0 Å². The molecule has 0 fully saturated rings. The number of hydrogen-bond acceptors (Lipinski definition) is 3. The lowest BCUT2D eigenvalue weighted by molar-refractivity contribution is -0.127. The first-order chi connectivity index (χ1) is 9.13. The van der Waals surface area contributed by atoms with Crippen LogP contribution in [0.25, 0.3) is 0 Å². The van der Waals surface area contributed by atoms with Crippen molar-refractivity contribution in [2.45, 2.75) is 13.3 Å². The lowest BCUT2D eigenvalue weighted by Gasteiger charge is -2.08. The van der Waals surface area contributed by atoms with Crippen LogP contribution >= 0.6 is 15.9 Å². The van der Waals surface area contributed by atoms with E-state index in [-0.39, 0.29) is 25.0 Å². The van der Waals surface area contributed by atoms with Gasteiger partial charge in [-0.25, -0.2) is 0 Å². The minimum absolute atomic E-state index is 0.0296. The molecule has 5 nitrogen and oxygen atoms in total. The maximum absolute atomic E-state index is 11.5. The van der Waals surface area contributed by atoms with E-state index in [2.05, 4.69) is 26.6 Å². The Balaban J connectivity index is 2.25. The number of halogens is 1. The highest BCUT2D eigenvalue weighted by Gasteiger charge is 2.07. The van der Waals surface area contributed by atoms with Crippen molar-refractivity contribution in [2.24, 2.45) is 0 Å². The minimum atomic E-state index is -0.331. The quantitative estimate of drug-likeness (QED) is 0.796. The van der Waals surface area contributed by atoms with Gasteiger partial charge in [-0.05, 0) is 34.5 Å². The molecule has 0 aliphatic carbocycles. The van der Waals surface area contributed by atoms with Gasteiger partial charge in [0.05, 0.1) is 11.0 Å². The van der Waals surface area contributed by atoms with Crippen LogP contribution in [0.4, 0.5) is 0 Å². The van der Waals surface area contributed by atoms with Crippen LogP contribution < -0.4 is 15.4 Å². The second-order valence-electron chi connectivity index (χ2n) is 3.85. The Hall–Kier alpha value is -1.56. The molecular weight excluding hydrogens is 312 g/mol. The number of benzene rings is 1. The fourth-order valence-corrected chi connectivity index (χ4v) is 1.66. The Labute approximate surface area is 120 Å². The van der Waals surface area contributed by atoms with Gasteiger partial charge < -0.3 is 15.4 Å². The molecular formula is C13H17BrN2O3. The summed E-state index contributed by atoms with van der Waals surface area (Å²) >= 11 is 3.32. The highest BCUT2D eigenvalue weighted by molar-refractivity contribution is 9.10. The van der Waals surface area contributed by atoms with Crippen molar-refractivity contribution in [2.75, 3.05) is 19.7 Å². The summed E-state index contributed by atoms with van der Waals surface area (Å²) in [6.45, 7) is 2.43. The molecule has 0 atom stereocenters. The van der Waals surface area contributed by atoms with Gasteiger partial charge in [0.15, 0.2) is 6.61 Å². The monoisotopic (exact) mass is 328 g/mol. The van der Waals surface area contributed by atoms with Crippen molar-refractivity contribution >= 4 is 27.7 Å². The zero-order valence-corrected chi connectivity index (χ0v) is 12.3. The number of rotatable bonds is 7. The molecule has 1 rings (SSSR count). The Morgan fingerprint density at radius 1 is 1.21 bits per heavy atom. The number of para-hydroxylation sites is 1. The van der Waals surface area contributed by atoms with E-state index in [1.165, 1.54) is 0 Å². The maximum Gasteiger partial charge on any atom is 0.258 e. The lowest BCUT2D eigenvalue weighted by Crippen LogP contribution is -2.39. The first-order valence-corrected chi connectivity index (χ1v) is 6.83. The first kappa shape index (κ1) is 15.5. The molecule has 0 saturated carbocycles. The number of nitrogens with one attached hydrogen (secondary N) is 2. The zero-order valence-electron chi connectivity index (χ0n) is 10.7. The standard InChI is InChI=1S/C13H17BrN2O3/c1-2-7-15-12(17)8-16-13(18)9-19-11-6-4-3-5-10(11)14/h3-6H,2,7-9H2,1H3,(H,15,17)(H,16,18). The molecule has 0 bridgehead atoms. The molecule has 6 heteroatoms. The van der Waals surface area contributed by atoms with Crippen molar-refractivity contribution in [3.05, 3.63) is 28.7 Å². The van der Waals surface area contributed by atoms with Gasteiger partial charge in [-0.2, -0.15) is 0 Å². The van der Waals surface area contributed by atoms with Crippen molar-refractivity contribution < 1.29 is 14.3 Å². The normalized spacial score (nSPS) is 9.79. The summed E-state index contributed by atoms with van der Waals surface area (Å²) in [5.41, 5.74) is 0. The maximum atomic E-state index is 11.5. The molecule has 0 saturated heterocycles. The van der Waals surface area contributed by atoms with Gasteiger partial charge in [0.2, 0.25) is 5.91 Å².